The summed E-state index contributed by atoms with van der Waals surface area (Å²) in [5.41, 5.74) is 0.353. The van der Waals surface area contributed by atoms with Crippen molar-refractivity contribution in [2.24, 2.45) is 0 Å². The third-order valence-corrected chi connectivity index (χ3v) is 2.93. The molecule has 0 amide bonds. The molecule has 1 unspecified atom stereocenters. The molecule has 0 aliphatic heterocycles. The summed E-state index contributed by atoms with van der Waals surface area (Å²) in [6.45, 7) is 0. The van der Waals surface area contributed by atoms with E-state index in [2.05, 4.69) is 0 Å². The highest BCUT2D eigenvalue weighted by Crippen LogP contribution is 2.23. The standard InChI is InChI=1S/C12H10Cl2O2/c13-8-5-6-10(11(14)7-8)12(15)16-9-3-1-2-4-9/h1,3,5-7,9H,2,4H2. The SMILES string of the molecule is O=C(OC1C=CCC1)c1ccc(Cl)cc1Cl. The van der Waals surface area contributed by atoms with Crippen LogP contribution in [0.2, 0.25) is 10.0 Å². The summed E-state index contributed by atoms with van der Waals surface area (Å²) in [5, 5.41) is 0.821. The van der Waals surface area contributed by atoms with Crippen LogP contribution in [0.4, 0.5) is 0 Å². The highest BCUT2D eigenvalue weighted by atomic mass is 35.5. The molecule has 0 heterocycles. The van der Waals surface area contributed by atoms with Gasteiger partial charge in [0.15, 0.2) is 0 Å². The zero-order valence-corrected chi connectivity index (χ0v) is 9.96. The molecule has 1 atom stereocenters. The second-order valence-electron chi connectivity index (χ2n) is 3.57. The van der Waals surface area contributed by atoms with Gasteiger partial charge in [-0.25, -0.2) is 4.79 Å². The first-order chi connectivity index (χ1) is 7.66. The number of benzene rings is 1. The summed E-state index contributed by atoms with van der Waals surface area (Å²) in [7, 11) is 0. The smallest absolute Gasteiger partial charge is 0.340 e. The van der Waals surface area contributed by atoms with Crippen LogP contribution in [0.5, 0.6) is 0 Å². The zero-order chi connectivity index (χ0) is 11.5. The molecule has 0 saturated heterocycles. The second-order valence-corrected chi connectivity index (χ2v) is 4.42. The quantitative estimate of drug-likeness (QED) is 0.593. The Hall–Kier alpha value is -0.990. The predicted molar refractivity (Wildman–Crippen MR) is 64.0 cm³/mol. The molecule has 4 heteroatoms. The summed E-state index contributed by atoms with van der Waals surface area (Å²) < 4.78 is 5.26. The molecular formula is C12H10Cl2O2. The minimum absolute atomic E-state index is 0.126. The van der Waals surface area contributed by atoms with E-state index in [0.29, 0.717) is 15.6 Å². The van der Waals surface area contributed by atoms with E-state index in [-0.39, 0.29) is 6.10 Å². The molecule has 0 saturated carbocycles. The highest BCUT2D eigenvalue weighted by Gasteiger charge is 2.18. The molecule has 0 aromatic heterocycles. The maximum Gasteiger partial charge on any atom is 0.340 e. The van der Waals surface area contributed by atoms with E-state index in [9.17, 15) is 4.79 Å². The fourth-order valence-corrected chi connectivity index (χ4v) is 2.04. The molecule has 0 spiro atoms. The molecule has 0 fully saturated rings. The number of halogens is 2. The third kappa shape index (κ3) is 2.57. The number of rotatable bonds is 2. The minimum Gasteiger partial charge on any atom is -0.454 e. The Balaban J connectivity index is 2.11. The molecular weight excluding hydrogens is 247 g/mol. The van der Waals surface area contributed by atoms with Gasteiger partial charge >= 0.3 is 5.97 Å². The lowest BCUT2D eigenvalue weighted by Crippen LogP contribution is -2.14. The van der Waals surface area contributed by atoms with Crippen LogP contribution in [-0.2, 0) is 4.74 Å². The van der Waals surface area contributed by atoms with E-state index in [0.717, 1.165) is 12.8 Å². The normalized spacial score (nSPS) is 18.8. The summed E-state index contributed by atoms with van der Waals surface area (Å²) in [6, 6.07) is 4.73. The molecule has 0 N–H and O–H groups in total. The number of hydrogen-bond acceptors (Lipinski definition) is 2. The van der Waals surface area contributed by atoms with Gasteiger partial charge in [-0.3, -0.25) is 0 Å². The highest BCUT2D eigenvalue weighted by molar-refractivity contribution is 6.36. The number of ether oxygens (including phenoxy) is 1. The Bertz CT molecular complexity index is 441. The fraction of sp³-hybridized carbons (Fsp3) is 0.250. The van der Waals surface area contributed by atoms with Gasteiger partial charge in [-0.15, -0.1) is 0 Å². The molecule has 1 aromatic rings. The van der Waals surface area contributed by atoms with E-state index in [1.54, 1.807) is 12.1 Å². The first kappa shape index (κ1) is 11.5. The van der Waals surface area contributed by atoms with Crippen molar-refractivity contribution in [3.63, 3.8) is 0 Å². The van der Waals surface area contributed by atoms with Crippen LogP contribution in [0.1, 0.15) is 23.2 Å². The van der Waals surface area contributed by atoms with Crippen LogP contribution in [0.3, 0.4) is 0 Å². The summed E-state index contributed by atoms with van der Waals surface area (Å²) in [5.74, 6) is -0.404. The number of carbonyl (C=O) groups is 1. The van der Waals surface area contributed by atoms with Gasteiger partial charge in [-0.2, -0.15) is 0 Å². The maximum absolute atomic E-state index is 11.7. The second kappa shape index (κ2) is 4.89. The number of hydrogen-bond donors (Lipinski definition) is 0. The van der Waals surface area contributed by atoms with Crippen molar-refractivity contribution >= 4 is 29.2 Å². The molecule has 0 radical (unpaired) electrons. The van der Waals surface area contributed by atoms with Gasteiger partial charge in [0.2, 0.25) is 0 Å². The molecule has 2 rings (SSSR count). The average Bonchev–Trinajstić information content (AvgIpc) is 2.70. The predicted octanol–water partition coefficient (Wildman–Crippen LogP) is 3.87. The third-order valence-electron chi connectivity index (χ3n) is 2.38. The number of esters is 1. The van der Waals surface area contributed by atoms with Crippen molar-refractivity contribution < 1.29 is 9.53 Å². The molecule has 2 nitrogen and oxygen atoms in total. The van der Waals surface area contributed by atoms with Crippen LogP contribution in [-0.4, -0.2) is 12.1 Å². The Morgan fingerprint density at radius 3 is 2.81 bits per heavy atom. The lowest BCUT2D eigenvalue weighted by molar-refractivity contribution is 0.0395. The van der Waals surface area contributed by atoms with E-state index >= 15 is 0 Å². The lowest BCUT2D eigenvalue weighted by Gasteiger charge is -2.10. The summed E-state index contributed by atoms with van der Waals surface area (Å²) >= 11 is 11.7. The van der Waals surface area contributed by atoms with Crippen molar-refractivity contribution in [1.82, 2.24) is 0 Å². The molecule has 84 valence electrons. The van der Waals surface area contributed by atoms with E-state index < -0.39 is 5.97 Å². The Labute approximate surface area is 104 Å². The fourth-order valence-electron chi connectivity index (χ4n) is 1.56. The van der Waals surface area contributed by atoms with Gasteiger partial charge in [0.25, 0.3) is 0 Å². The monoisotopic (exact) mass is 256 g/mol. The van der Waals surface area contributed by atoms with Crippen molar-refractivity contribution in [1.29, 1.82) is 0 Å². The van der Waals surface area contributed by atoms with Crippen molar-refractivity contribution in [3.05, 3.63) is 46.0 Å². The van der Waals surface area contributed by atoms with Crippen LogP contribution in [0, 0.1) is 0 Å². The van der Waals surface area contributed by atoms with Crippen molar-refractivity contribution in [2.75, 3.05) is 0 Å². The number of allylic oxidation sites excluding steroid dienone is 1. The Kier molecular flexibility index (Phi) is 3.52. The van der Waals surface area contributed by atoms with Crippen LogP contribution in [0.15, 0.2) is 30.4 Å². The van der Waals surface area contributed by atoms with Gasteiger partial charge in [0.05, 0.1) is 10.6 Å². The first-order valence-corrected chi connectivity index (χ1v) is 5.75. The van der Waals surface area contributed by atoms with Gasteiger partial charge < -0.3 is 4.74 Å². The lowest BCUT2D eigenvalue weighted by atomic mass is 10.2. The Morgan fingerprint density at radius 1 is 1.38 bits per heavy atom. The van der Waals surface area contributed by atoms with Crippen molar-refractivity contribution in [3.8, 4) is 0 Å². The van der Waals surface area contributed by atoms with Gasteiger partial charge in [-0.05, 0) is 37.1 Å². The van der Waals surface area contributed by atoms with E-state index in [4.69, 9.17) is 27.9 Å². The van der Waals surface area contributed by atoms with Gasteiger partial charge in [0.1, 0.15) is 6.10 Å². The zero-order valence-electron chi connectivity index (χ0n) is 8.45. The maximum atomic E-state index is 11.7. The topological polar surface area (TPSA) is 26.3 Å². The van der Waals surface area contributed by atoms with Crippen LogP contribution < -0.4 is 0 Å². The van der Waals surface area contributed by atoms with Crippen molar-refractivity contribution in [2.45, 2.75) is 18.9 Å². The number of carbonyl (C=O) groups excluding carboxylic acids is 1. The Morgan fingerprint density at radius 2 is 2.19 bits per heavy atom. The molecule has 16 heavy (non-hydrogen) atoms. The molecule has 1 aliphatic rings. The summed E-state index contributed by atoms with van der Waals surface area (Å²) in [4.78, 5) is 11.7. The summed E-state index contributed by atoms with van der Waals surface area (Å²) in [6.07, 6.45) is 5.56. The average molecular weight is 257 g/mol. The minimum atomic E-state index is -0.404. The van der Waals surface area contributed by atoms with Gasteiger partial charge in [0, 0.05) is 5.02 Å². The van der Waals surface area contributed by atoms with Gasteiger partial charge in [-0.1, -0.05) is 29.3 Å². The first-order valence-electron chi connectivity index (χ1n) is 4.99. The molecule has 1 aromatic carbocycles. The molecule has 0 bridgehead atoms. The van der Waals surface area contributed by atoms with E-state index in [1.807, 2.05) is 12.2 Å². The van der Waals surface area contributed by atoms with Crippen LogP contribution >= 0.6 is 23.2 Å². The van der Waals surface area contributed by atoms with E-state index in [1.165, 1.54) is 6.07 Å². The largest absolute Gasteiger partial charge is 0.454 e. The molecule has 1 aliphatic carbocycles. The van der Waals surface area contributed by atoms with Crippen LogP contribution in [0.25, 0.3) is 0 Å².